The Morgan fingerprint density at radius 1 is 1.47 bits per heavy atom. The number of aromatic hydroxyl groups is 2. The summed E-state index contributed by atoms with van der Waals surface area (Å²) < 4.78 is 0.197. The molecule has 17 heavy (non-hydrogen) atoms. The Labute approximate surface area is 104 Å². The van der Waals surface area contributed by atoms with Gasteiger partial charge in [0.25, 0.3) is 5.91 Å². The van der Waals surface area contributed by atoms with E-state index in [-0.39, 0.29) is 27.7 Å². The first-order valence-corrected chi connectivity index (χ1v) is 6.64. The minimum Gasteiger partial charge on any atom is -0.508 e. The Morgan fingerprint density at radius 2 is 2.18 bits per heavy atom. The third-order valence-electron chi connectivity index (χ3n) is 3.04. The molecule has 1 aliphatic rings. The fourth-order valence-electron chi connectivity index (χ4n) is 1.64. The molecule has 1 aromatic carbocycles. The summed E-state index contributed by atoms with van der Waals surface area (Å²) in [6, 6.07) is 3.96. The molecule has 1 saturated carbocycles. The highest BCUT2D eigenvalue weighted by Gasteiger charge is 2.42. The second-order valence-electron chi connectivity index (χ2n) is 4.27. The molecule has 0 aliphatic heterocycles. The van der Waals surface area contributed by atoms with Crippen LogP contribution in [0.25, 0.3) is 0 Å². The van der Waals surface area contributed by atoms with Crippen LogP contribution < -0.4 is 5.32 Å². The number of carbonyl (C=O) groups excluding carboxylic acids is 1. The Bertz CT molecular complexity index is 443. The number of benzene rings is 1. The highest BCUT2D eigenvalue weighted by molar-refractivity contribution is 8.00. The molecule has 1 aliphatic carbocycles. The zero-order chi connectivity index (χ0) is 12.5. The molecule has 4 nitrogen and oxygen atoms in total. The molecule has 92 valence electrons. The predicted molar refractivity (Wildman–Crippen MR) is 67.6 cm³/mol. The van der Waals surface area contributed by atoms with Crippen molar-refractivity contribution in [3.05, 3.63) is 23.8 Å². The Hall–Kier alpha value is -1.36. The summed E-state index contributed by atoms with van der Waals surface area (Å²) in [4.78, 5) is 11.8. The van der Waals surface area contributed by atoms with Crippen LogP contribution in [-0.4, -0.2) is 33.7 Å². The fraction of sp³-hybridized carbons (Fsp3) is 0.417. The number of phenolic OH excluding ortho intramolecular Hbond substituents is 2. The number of nitrogens with one attached hydrogen (secondary N) is 1. The third-order valence-corrected chi connectivity index (χ3v) is 4.46. The van der Waals surface area contributed by atoms with Crippen molar-refractivity contribution in [2.24, 2.45) is 0 Å². The molecular weight excluding hydrogens is 238 g/mol. The SMILES string of the molecule is CSC1(CNC(=O)c2ccc(O)cc2O)CC1. The van der Waals surface area contributed by atoms with Gasteiger partial charge in [0.05, 0.1) is 5.56 Å². The molecule has 3 N–H and O–H groups in total. The maximum Gasteiger partial charge on any atom is 0.255 e. The average molecular weight is 253 g/mol. The molecule has 2 rings (SSSR count). The van der Waals surface area contributed by atoms with Gasteiger partial charge in [-0.2, -0.15) is 11.8 Å². The van der Waals surface area contributed by atoms with E-state index in [1.54, 1.807) is 11.8 Å². The number of amides is 1. The summed E-state index contributed by atoms with van der Waals surface area (Å²) in [5, 5.41) is 21.5. The van der Waals surface area contributed by atoms with Gasteiger partial charge in [-0.15, -0.1) is 0 Å². The van der Waals surface area contributed by atoms with E-state index >= 15 is 0 Å². The normalized spacial score (nSPS) is 16.5. The lowest BCUT2D eigenvalue weighted by atomic mass is 10.2. The van der Waals surface area contributed by atoms with Crippen LogP contribution in [0.3, 0.4) is 0 Å². The zero-order valence-electron chi connectivity index (χ0n) is 9.56. The number of phenols is 2. The van der Waals surface area contributed by atoms with Crippen molar-refractivity contribution in [3.63, 3.8) is 0 Å². The van der Waals surface area contributed by atoms with Crippen LogP contribution in [-0.2, 0) is 0 Å². The van der Waals surface area contributed by atoms with Gasteiger partial charge < -0.3 is 15.5 Å². The zero-order valence-corrected chi connectivity index (χ0v) is 10.4. The van der Waals surface area contributed by atoms with E-state index in [0.29, 0.717) is 6.54 Å². The van der Waals surface area contributed by atoms with E-state index in [2.05, 4.69) is 5.32 Å². The number of hydrogen-bond acceptors (Lipinski definition) is 4. The lowest BCUT2D eigenvalue weighted by molar-refractivity contribution is 0.0950. The molecule has 0 atom stereocenters. The van der Waals surface area contributed by atoms with Crippen molar-refractivity contribution >= 4 is 17.7 Å². The summed E-state index contributed by atoms with van der Waals surface area (Å²) in [5.74, 6) is -0.554. The molecule has 0 radical (unpaired) electrons. The van der Waals surface area contributed by atoms with Gasteiger partial charge in [-0.05, 0) is 31.2 Å². The lowest BCUT2D eigenvalue weighted by Crippen LogP contribution is -2.31. The molecule has 1 aromatic rings. The maximum absolute atomic E-state index is 11.8. The van der Waals surface area contributed by atoms with Crippen LogP contribution in [0, 0.1) is 0 Å². The van der Waals surface area contributed by atoms with Crippen LogP contribution in [0.2, 0.25) is 0 Å². The van der Waals surface area contributed by atoms with Crippen molar-refractivity contribution in [3.8, 4) is 11.5 Å². The van der Waals surface area contributed by atoms with Gasteiger partial charge in [-0.1, -0.05) is 0 Å². The first kappa shape index (κ1) is 12.1. The molecule has 0 heterocycles. The highest BCUT2D eigenvalue weighted by atomic mass is 32.2. The van der Waals surface area contributed by atoms with E-state index in [0.717, 1.165) is 18.9 Å². The van der Waals surface area contributed by atoms with E-state index < -0.39 is 0 Å². The maximum atomic E-state index is 11.8. The van der Waals surface area contributed by atoms with Crippen molar-refractivity contribution in [2.45, 2.75) is 17.6 Å². The predicted octanol–water partition coefficient (Wildman–Crippen LogP) is 1.72. The molecule has 1 amide bonds. The minimum absolute atomic E-state index is 0.0539. The molecule has 0 spiro atoms. The van der Waals surface area contributed by atoms with Crippen LogP contribution in [0.5, 0.6) is 11.5 Å². The van der Waals surface area contributed by atoms with Gasteiger partial charge in [0.15, 0.2) is 0 Å². The van der Waals surface area contributed by atoms with E-state index in [4.69, 9.17) is 5.11 Å². The standard InChI is InChI=1S/C12H15NO3S/c1-17-12(4-5-12)7-13-11(16)9-3-2-8(14)6-10(9)15/h2-3,6,14-15H,4-5,7H2,1H3,(H,13,16). The number of thioether (sulfide) groups is 1. The van der Waals surface area contributed by atoms with Gasteiger partial charge >= 0.3 is 0 Å². The molecule has 0 bridgehead atoms. The van der Waals surface area contributed by atoms with E-state index in [1.165, 1.54) is 12.1 Å². The van der Waals surface area contributed by atoms with E-state index in [1.807, 2.05) is 6.26 Å². The van der Waals surface area contributed by atoms with E-state index in [9.17, 15) is 9.90 Å². The number of rotatable bonds is 4. The van der Waals surface area contributed by atoms with Crippen LogP contribution >= 0.6 is 11.8 Å². The summed E-state index contributed by atoms with van der Waals surface area (Å²) in [6.07, 6.45) is 4.28. The molecular formula is C12H15NO3S. The monoisotopic (exact) mass is 253 g/mol. The second-order valence-corrected chi connectivity index (χ2v) is 5.55. The number of hydrogen-bond donors (Lipinski definition) is 3. The van der Waals surface area contributed by atoms with Gasteiger partial charge in [0.1, 0.15) is 11.5 Å². The molecule has 0 aromatic heterocycles. The molecule has 0 saturated heterocycles. The first-order chi connectivity index (χ1) is 8.06. The molecule has 0 unspecified atom stereocenters. The molecule has 5 heteroatoms. The van der Waals surface area contributed by atoms with Gasteiger partial charge in [0, 0.05) is 17.4 Å². The first-order valence-electron chi connectivity index (χ1n) is 5.42. The van der Waals surface area contributed by atoms with Gasteiger partial charge in [-0.3, -0.25) is 4.79 Å². The minimum atomic E-state index is -0.303. The Morgan fingerprint density at radius 3 is 2.71 bits per heavy atom. The van der Waals surface area contributed by atoms with Crippen LogP contribution in [0.4, 0.5) is 0 Å². The van der Waals surface area contributed by atoms with Crippen molar-refractivity contribution in [2.75, 3.05) is 12.8 Å². The van der Waals surface area contributed by atoms with Crippen LogP contribution in [0.15, 0.2) is 18.2 Å². The second kappa shape index (κ2) is 4.49. The third kappa shape index (κ3) is 2.66. The number of carbonyl (C=O) groups is 1. The lowest BCUT2D eigenvalue weighted by Gasteiger charge is -2.13. The Balaban J connectivity index is 2.00. The van der Waals surface area contributed by atoms with Crippen molar-refractivity contribution in [1.29, 1.82) is 0 Å². The topological polar surface area (TPSA) is 69.6 Å². The van der Waals surface area contributed by atoms with Crippen LogP contribution in [0.1, 0.15) is 23.2 Å². The average Bonchev–Trinajstić information content (AvgIpc) is 3.07. The summed E-state index contributed by atoms with van der Waals surface area (Å²) >= 11 is 1.76. The fourth-order valence-corrected chi connectivity index (χ4v) is 2.37. The summed E-state index contributed by atoms with van der Waals surface area (Å²) in [6.45, 7) is 0.618. The summed E-state index contributed by atoms with van der Waals surface area (Å²) in [7, 11) is 0. The summed E-state index contributed by atoms with van der Waals surface area (Å²) in [5.41, 5.74) is 0.194. The van der Waals surface area contributed by atoms with Gasteiger partial charge in [-0.25, -0.2) is 0 Å². The Kier molecular flexibility index (Phi) is 3.19. The molecule has 1 fully saturated rings. The van der Waals surface area contributed by atoms with Gasteiger partial charge in [0.2, 0.25) is 0 Å². The highest BCUT2D eigenvalue weighted by Crippen LogP contribution is 2.46. The smallest absolute Gasteiger partial charge is 0.255 e. The quantitative estimate of drug-likeness (QED) is 0.764. The largest absolute Gasteiger partial charge is 0.508 e. The van der Waals surface area contributed by atoms with Crippen molar-refractivity contribution in [1.82, 2.24) is 5.32 Å². The van der Waals surface area contributed by atoms with Crippen molar-refractivity contribution < 1.29 is 15.0 Å².